The molecule has 0 N–H and O–H groups in total. The van der Waals surface area contributed by atoms with E-state index in [2.05, 4.69) is 28.8 Å². The lowest BCUT2D eigenvalue weighted by atomic mass is 10.0. The minimum absolute atomic E-state index is 0.277. The fraction of sp³-hybridized carbons (Fsp3) is 0.105. The van der Waals surface area contributed by atoms with Crippen LogP contribution in [0, 0.1) is 0 Å². The number of methoxy groups -OCH3 is 1. The van der Waals surface area contributed by atoms with Crippen LogP contribution in [-0.4, -0.2) is 17.6 Å². The highest BCUT2D eigenvalue weighted by atomic mass is 16.5. The highest BCUT2D eigenvalue weighted by molar-refractivity contribution is 5.98. The summed E-state index contributed by atoms with van der Waals surface area (Å²) >= 11 is 0. The first kappa shape index (κ1) is 12.9. The normalized spacial score (nSPS) is 13.0. The third kappa shape index (κ3) is 1.86. The molecule has 2 aromatic carbocycles. The van der Waals surface area contributed by atoms with Crippen molar-refractivity contribution in [1.29, 1.82) is 0 Å². The maximum absolute atomic E-state index is 12.1. The van der Waals surface area contributed by atoms with Gasteiger partial charge in [-0.3, -0.25) is 0 Å². The molecule has 0 unspecified atom stereocenters. The van der Waals surface area contributed by atoms with Gasteiger partial charge < -0.3 is 9.30 Å². The lowest BCUT2D eigenvalue weighted by molar-refractivity contribution is -0.136. The number of hydrogen-bond acceptors (Lipinski definition) is 2. The number of benzene rings is 2. The maximum atomic E-state index is 12.1. The Balaban J connectivity index is 2.05. The quantitative estimate of drug-likeness (QED) is 0.637. The van der Waals surface area contributed by atoms with Crippen LogP contribution < -0.4 is 0 Å². The van der Waals surface area contributed by atoms with Gasteiger partial charge in [0.2, 0.25) is 0 Å². The van der Waals surface area contributed by atoms with Gasteiger partial charge in [0.1, 0.15) is 0 Å². The number of esters is 1. The van der Waals surface area contributed by atoms with Crippen LogP contribution in [-0.2, 0) is 16.1 Å². The fourth-order valence-corrected chi connectivity index (χ4v) is 3.12. The van der Waals surface area contributed by atoms with E-state index in [9.17, 15) is 4.79 Å². The van der Waals surface area contributed by atoms with Gasteiger partial charge in [0.25, 0.3) is 0 Å². The molecule has 108 valence electrons. The molecular weight excluding hydrogens is 274 g/mol. The van der Waals surface area contributed by atoms with Gasteiger partial charge >= 0.3 is 5.97 Å². The van der Waals surface area contributed by atoms with E-state index in [0.29, 0.717) is 12.1 Å². The summed E-state index contributed by atoms with van der Waals surface area (Å²) in [5, 5.41) is 1.18. The average Bonchev–Trinajstić information content (AvgIpc) is 2.84. The standard InChI is InChI=1S/C19H15NO2/c1-22-19(21)15-10-13-6-2-4-8-16(13)18-11-14-7-3-5-9-17(14)20(18)12-15/h2-11H,12H2,1H3. The molecule has 0 aliphatic carbocycles. The minimum atomic E-state index is -0.277. The van der Waals surface area contributed by atoms with E-state index in [4.69, 9.17) is 4.74 Å². The van der Waals surface area contributed by atoms with E-state index < -0.39 is 0 Å². The zero-order valence-electron chi connectivity index (χ0n) is 12.2. The second-order valence-corrected chi connectivity index (χ2v) is 5.42. The monoisotopic (exact) mass is 289 g/mol. The van der Waals surface area contributed by atoms with Crippen molar-refractivity contribution in [2.45, 2.75) is 6.54 Å². The SMILES string of the molecule is COC(=O)C1=Cc2ccccc2-c2cc3ccccc3n2C1. The van der Waals surface area contributed by atoms with Gasteiger partial charge in [0.15, 0.2) is 0 Å². The number of ether oxygens (including phenoxy) is 1. The van der Waals surface area contributed by atoms with Gasteiger partial charge in [-0.25, -0.2) is 4.79 Å². The number of para-hydroxylation sites is 1. The summed E-state index contributed by atoms with van der Waals surface area (Å²) in [6, 6.07) is 18.6. The molecular formula is C19H15NO2. The molecule has 1 aliphatic heterocycles. The minimum Gasteiger partial charge on any atom is -0.466 e. The number of hydrogen-bond donors (Lipinski definition) is 0. The zero-order valence-corrected chi connectivity index (χ0v) is 12.2. The van der Waals surface area contributed by atoms with Crippen molar-refractivity contribution < 1.29 is 9.53 Å². The van der Waals surface area contributed by atoms with Crippen molar-refractivity contribution in [3.8, 4) is 11.3 Å². The molecule has 1 aromatic heterocycles. The Hall–Kier alpha value is -2.81. The molecule has 0 radical (unpaired) electrons. The number of rotatable bonds is 1. The molecule has 0 saturated carbocycles. The van der Waals surface area contributed by atoms with E-state index in [-0.39, 0.29) is 5.97 Å². The van der Waals surface area contributed by atoms with Gasteiger partial charge in [-0.05, 0) is 23.8 Å². The molecule has 0 fully saturated rings. The van der Waals surface area contributed by atoms with E-state index >= 15 is 0 Å². The van der Waals surface area contributed by atoms with Crippen LogP contribution in [0.3, 0.4) is 0 Å². The van der Waals surface area contributed by atoms with Crippen molar-refractivity contribution in [2.75, 3.05) is 7.11 Å². The van der Waals surface area contributed by atoms with Crippen molar-refractivity contribution in [1.82, 2.24) is 4.57 Å². The average molecular weight is 289 g/mol. The summed E-state index contributed by atoms with van der Waals surface area (Å²) in [5.74, 6) is -0.277. The first-order valence-corrected chi connectivity index (χ1v) is 7.24. The molecule has 3 nitrogen and oxygen atoms in total. The highest BCUT2D eigenvalue weighted by Crippen LogP contribution is 2.34. The van der Waals surface area contributed by atoms with Crippen LogP contribution >= 0.6 is 0 Å². The van der Waals surface area contributed by atoms with Crippen molar-refractivity contribution in [3.05, 3.63) is 65.7 Å². The lowest BCUT2D eigenvalue weighted by Crippen LogP contribution is -2.10. The molecule has 3 heteroatoms. The second kappa shape index (κ2) is 4.88. The first-order chi connectivity index (χ1) is 10.8. The third-order valence-corrected chi connectivity index (χ3v) is 4.15. The van der Waals surface area contributed by atoms with Gasteiger partial charge in [-0.2, -0.15) is 0 Å². The van der Waals surface area contributed by atoms with E-state index in [0.717, 1.165) is 22.3 Å². The van der Waals surface area contributed by atoms with Crippen LogP contribution in [0.15, 0.2) is 60.2 Å². The lowest BCUT2D eigenvalue weighted by Gasteiger charge is -2.09. The maximum Gasteiger partial charge on any atom is 0.335 e. The van der Waals surface area contributed by atoms with Gasteiger partial charge in [-0.15, -0.1) is 0 Å². The molecule has 4 rings (SSSR count). The summed E-state index contributed by atoms with van der Waals surface area (Å²) in [4.78, 5) is 12.1. The Labute approximate surface area is 128 Å². The molecule has 0 bridgehead atoms. The molecule has 0 spiro atoms. The van der Waals surface area contributed by atoms with Crippen LogP contribution in [0.2, 0.25) is 0 Å². The summed E-state index contributed by atoms with van der Waals surface area (Å²) in [6.45, 7) is 0.518. The summed E-state index contributed by atoms with van der Waals surface area (Å²) in [7, 11) is 1.43. The molecule has 0 atom stereocenters. The predicted molar refractivity (Wildman–Crippen MR) is 87.4 cm³/mol. The highest BCUT2D eigenvalue weighted by Gasteiger charge is 2.21. The number of fused-ring (bicyclic) bond motifs is 5. The third-order valence-electron chi connectivity index (χ3n) is 4.15. The first-order valence-electron chi connectivity index (χ1n) is 7.24. The Morgan fingerprint density at radius 1 is 1.09 bits per heavy atom. The largest absolute Gasteiger partial charge is 0.466 e. The van der Waals surface area contributed by atoms with Gasteiger partial charge in [0.05, 0.1) is 24.9 Å². The topological polar surface area (TPSA) is 31.2 Å². The Morgan fingerprint density at radius 3 is 2.73 bits per heavy atom. The van der Waals surface area contributed by atoms with E-state index in [1.165, 1.54) is 12.5 Å². The molecule has 3 aromatic rings. The van der Waals surface area contributed by atoms with Crippen molar-refractivity contribution in [3.63, 3.8) is 0 Å². The molecule has 0 saturated heterocycles. The predicted octanol–water partition coefficient (Wildman–Crippen LogP) is 3.88. The molecule has 2 heterocycles. The fourth-order valence-electron chi connectivity index (χ4n) is 3.12. The van der Waals surface area contributed by atoms with Gasteiger partial charge in [0, 0.05) is 16.5 Å². The van der Waals surface area contributed by atoms with Crippen LogP contribution in [0.4, 0.5) is 0 Å². The smallest absolute Gasteiger partial charge is 0.335 e. The van der Waals surface area contributed by atoms with Crippen LogP contribution in [0.5, 0.6) is 0 Å². The summed E-state index contributed by atoms with van der Waals surface area (Å²) in [6.07, 6.45) is 1.93. The number of nitrogens with zero attached hydrogens (tertiary/aromatic N) is 1. The summed E-state index contributed by atoms with van der Waals surface area (Å²) in [5.41, 5.74) is 5.10. The van der Waals surface area contributed by atoms with Crippen LogP contribution in [0.1, 0.15) is 5.56 Å². The van der Waals surface area contributed by atoms with E-state index in [1.54, 1.807) is 0 Å². The number of aromatic nitrogens is 1. The zero-order chi connectivity index (χ0) is 15.1. The Bertz CT molecular complexity index is 918. The van der Waals surface area contributed by atoms with Gasteiger partial charge in [-0.1, -0.05) is 42.5 Å². The van der Waals surface area contributed by atoms with Crippen molar-refractivity contribution in [2.24, 2.45) is 0 Å². The van der Waals surface area contributed by atoms with Crippen molar-refractivity contribution >= 4 is 22.9 Å². The van der Waals surface area contributed by atoms with E-state index in [1.807, 2.05) is 36.4 Å². The molecule has 0 amide bonds. The van der Waals surface area contributed by atoms with Crippen LogP contribution in [0.25, 0.3) is 28.2 Å². The number of carbonyl (C=O) groups excluding carboxylic acids is 1. The Kier molecular flexibility index (Phi) is 2.86. The Morgan fingerprint density at radius 2 is 1.86 bits per heavy atom. The molecule has 22 heavy (non-hydrogen) atoms. The number of carbonyl (C=O) groups is 1. The summed E-state index contributed by atoms with van der Waals surface area (Å²) < 4.78 is 7.13. The molecule has 1 aliphatic rings. The second-order valence-electron chi connectivity index (χ2n) is 5.42.